The second kappa shape index (κ2) is 10.7. The molecule has 9 aromatic rings. The molecule has 0 unspecified atom stereocenters. The zero-order valence-corrected chi connectivity index (χ0v) is 27.8. The first-order valence-electron chi connectivity index (χ1n) is 15.7. The summed E-state index contributed by atoms with van der Waals surface area (Å²) in [4.78, 5) is 25.0. The van der Waals surface area contributed by atoms with Gasteiger partial charge in [-0.1, -0.05) is 93.0 Å². The summed E-state index contributed by atoms with van der Waals surface area (Å²) >= 11 is -0.229. The van der Waals surface area contributed by atoms with E-state index in [1.165, 1.54) is 24.7 Å². The molecule has 0 fully saturated rings. The molecule has 0 N–H and O–H groups in total. The summed E-state index contributed by atoms with van der Waals surface area (Å²) in [7, 11) is 0. The molecule has 0 aliphatic carbocycles. The number of pyridine rings is 2. The summed E-state index contributed by atoms with van der Waals surface area (Å²) < 4.78 is 9.91. The Bertz CT molecular complexity index is 2980. The Labute approximate surface area is 283 Å². The molecule has 1 aliphatic heterocycles. The van der Waals surface area contributed by atoms with Gasteiger partial charge in [-0.05, 0) is 75.5 Å². The van der Waals surface area contributed by atoms with E-state index in [0.717, 1.165) is 54.9 Å². The van der Waals surface area contributed by atoms with E-state index in [1.54, 1.807) is 6.20 Å². The lowest BCUT2D eigenvalue weighted by Crippen LogP contribution is -2.03. The summed E-state index contributed by atoms with van der Waals surface area (Å²) in [6, 6.07) is 35.6. The number of furan rings is 1. The maximum Gasteiger partial charge on any atom is 0.182 e. The van der Waals surface area contributed by atoms with Crippen LogP contribution in [0.15, 0.2) is 124 Å². The molecule has 0 radical (unpaired) electrons. The lowest BCUT2D eigenvalue weighted by molar-refractivity contribution is 0.669. The van der Waals surface area contributed by atoms with Gasteiger partial charge in [-0.25, -0.2) is 19.9 Å². The zero-order chi connectivity index (χ0) is 31.8. The minimum atomic E-state index is -0.229. The van der Waals surface area contributed by atoms with Gasteiger partial charge in [0.25, 0.3) is 0 Å². The van der Waals surface area contributed by atoms with Gasteiger partial charge in [-0.15, -0.1) is 0 Å². The van der Waals surface area contributed by atoms with Crippen molar-refractivity contribution in [2.75, 3.05) is 0 Å². The Hall–Kier alpha value is -5.67. The fourth-order valence-electron chi connectivity index (χ4n) is 6.56. The minimum absolute atomic E-state index is 0.229. The Kier molecular flexibility index (Phi) is 6.11. The molecule has 10 rings (SSSR count). The third kappa shape index (κ3) is 4.46. The monoisotopic (exact) mass is 729 g/mol. The van der Waals surface area contributed by atoms with E-state index in [4.69, 9.17) is 24.4 Å². The van der Waals surface area contributed by atoms with Crippen molar-refractivity contribution in [3.63, 3.8) is 0 Å². The van der Waals surface area contributed by atoms with Gasteiger partial charge < -0.3 is 4.42 Å². The van der Waals surface area contributed by atoms with Crippen LogP contribution in [0.3, 0.4) is 0 Å². The molecule has 7 heteroatoms. The minimum Gasteiger partial charge on any atom is -0.456 e. The van der Waals surface area contributed by atoms with Crippen LogP contribution in [0.2, 0.25) is 0 Å². The third-order valence-corrected chi connectivity index (χ3v) is 11.5. The Balaban J connectivity index is 1.22. The number of halogens is 1. The first-order chi connectivity index (χ1) is 23.6. The number of benzene rings is 5. The fourth-order valence-corrected chi connectivity index (χ4v) is 8.85. The fraction of sp³-hybridized carbons (Fsp3) is 0.0244. The van der Waals surface area contributed by atoms with Gasteiger partial charge in [0.15, 0.2) is 17.5 Å². The van der Waals surface area contributed by atoms with Crippen molar-refractivity contribution >= 4 is 81.3 Å². The average molecular weight is 730 g/mol. The molecule has 0 spiro atoms. The number of aromatic nitrogens is 5. The SMILES string of the molecule is Cc1ccc2oc3ccc(-c4nc(-c5ccc6ccc7c(c6c5)=IC=CC=7)nc(-c5ccc6ccc7cccnc7c6n5)n4)cc3c2c1. The first-order valence-corrected chi connectivity index (χ1v) is 18.0. The van der Waals surface area contributed by atoms with E-state index in [9.17, 15) is 0 Å². The van der Waals surface area contributed by atoms with Gasteiger partial charge in [0, 0.05) is 42.0 Å². The molecule has 0 saturated heterocycles. The summed E-state index contributed by atoms with van der Waals surface area (Å²) in [6.45, 7) is 2.10. The Morgan fingerprint density at radius 1 is 0.583 bits per heavy atom. The first kappa shape index (κ1) is 27.4. The molecule has 1 aliphatic rings. The number of aryl methyl sites for hydroxylation is 1. The maximum atomic E-state index is 6.17. The van der Waals surface area contributed by atoms with E-state index >= 15 is 0 Å². The van der Waals surface area contributed by atoms with Crippen LogP contribution in [0.25, 0.3) is 94.9 Å². The van der Waals surface area contributed by atoms with Crippen LogP contribution in [-0.4, -0.2) is 24.9 Å². The zero-order valence-electron chi connectivity index (χ0n) is 25.6. The number of nitrogens with zero attached hydrogens (tertiary/aromatic N) is 5. The van der Waals surface area contributed by atoms with Crippen LogP contribution >= 0.6 is 20.7 Å². The van der Waals surface area contributed by atoms with Crippen molar-refractivity contribution in [1.29, 1.82) is 0 Å². The van der Waals surface area contributed by atoms with Gasteiger partial charge in [-0.2, -0.15) is 0 Å². The number of hydrogen-bond acceptors (Lipinski definition) is 6. The Morgan fingerprint density at radius 2 is 1.27 bits per heavy atom. The third-order valence-electron chi connectivity index (χ3n) is 8.94. The highest BCUT2D eigenvalue weighted by molar-refractivity contribution is 14.2. The summed E-state index contributed by atoms with van der Waals surface area (Å²) in [5.74, 6) is 1.70. The van der Waals surface area contributed by atoms with Gasteiger partial charge in [0.2, 0.25) is 0 Å². The predicted molar refractivity (Wildman–Crippen MR) is 202 cm³/mol. The van der Waals surface area contributed by atoms with Crippen LogP contribution in [-0.2, 0) is 0 Å². The predicted octanol–water partition coefficient (Wildman–Crippen LogP) is 9.86. The standard InChI is InChI=1S/C41H24IN5O/c1-23-6-16-34-31(20-23)32-22-29(14-17-35(32)48-34)40-45-39(28-12-8-24-7-9-25-4-2-18-42-36(25)30(24)21-28)46-41(47-40)33-15-13-27-11-10-26-5-3-19-43-37(26)38(27)44-33/h2-22H,1H3. The molecule has 0 bridgehead atoms. The molecule has 5 aromatic carbocycles. The highest BCUT2D eigenvalue weighted by atomic mass is 127. The molecule has 0 saturated carbocycles. The number of hydrogen-bond donors (Lipinski definition) is 0. The normalized spacial score (nSPS) is 12.7. The highest BCUT2D eigenvalue weighted by Gasteiger charge is 2.17. The molecule has 6 nitrogen and oxygen atoms in total. The van der Waals surface area contributed by atoms with Crippen LogP contribution in [0.1, 0.15) is 5.56 Å². The second-order valence-corrected chi connectivity index (χ2v) is 14.4. The van der Waals surface area contributed by atoms with Gasteiger partial charge in [-0.3, -0.25) is 4.98 Å². The number of rotatable bonds is 3. The lowest BCUT2D eigenvalue weighted by atomic mass is 10.0. The maximum absolute atomic E-state index is 6.17. The molecular weight excluding hydrogens is 705 g/mol. The molecule has 48 heavy (non-hydrogen) atoms. The molecule has 4 aromatic heterocycles. The van der Waals surface area contributed by atoms with E-state index in [0.29, 0.717) is 23.2 Å². The van der Waals surface area contributed by atoms with Gasteiger partial charge in [0.1, 0.15) is 16.9 Å². The largest absolute Gasteiger partial charge is 0.456 e. The summed E-state index contributed by atoms with van der Waals surface area (Å²) in [6.07, 6.45) is 6.18. The van der Waals surface area contributed by atoms with E-state index < -0.39 is 0 Å². The van der Waals surface area contributed by atoms with Crippen molar-refractivity contribution in [1.82, 2.24) is 24.9 Å². The van der Waals surface area contributed by atoms with Crippen molar-refractivity contribution in [2.45, 2.75) is 6.92 Å². The number of fused-ring (bicyclic) bond motifs is 9. The number of allylic oxidation sites excluding steroid dienone is 1. The van der Waals surface area contributed by atoms with E-state index in [1.807, 2.05) is 30.3 Å². The smallest absolute Gasteiger partial charge is 0.182 e. The summed E-state index contributed by atoms with van der Waals surface area (Å²) in [5, 5.41) is 7.93. The molecule has 0 atom stereocenters. The van der Waals surface area contributed by atoms with Crippen molar-refractivity contribution < 1.29 is 4.42 Å². The highest BCUT2D eigenvalue weighted by Crippen LogP contribution is 2.34. The van der Waals surface area contributed by atoms with E-state index in [2.05, 4.69) is 101 Å². The molecule has 5 heterocycles. The topological polar surface area (TPSA) is 77.6 Å². The van der Waals surface area contributed by atoms with Gasteiger partial charge in [0.05, 0.1) is 11.0 Å². The Morgan fingerprint density at radius 3 is 2.15 bits per heavy atom. The van der Waals surface area contributed by atoms with Crippen molar-refractivity contribution in [2.24, 2.45) is 0 Å². The second-order valence-electron chi connectivity index (χ2n) is 12.0. The summed E-state index contributed by atoms with van der Waals surface area (Å²) in [5.41, 5.74) is 7.04. The quantitative estimate of drug-likeness (QED) is 0.133. The lowest BCUT2D eigenvalue weighted by Gasteiger charge is -2.10. The van der Waals surface area contributed by atoms with E-state index in [-0.39, 0.29) is 20.7 Å². The molecular formula is C41H24IN5O. The average Bonchev–Trinajstić information content (AvgIpc) is 3.51. The van der Waals surface area contributed by atoms with Crippen LogP contribution in [0.4, 0.5) is 0 Å². The van der Waals surface area contributed by atoms with Crippen LogP contribution < -0.4 is 5.22 Å². The van der Waals surface area contributed by atoms with Crippen molar-refractivity contribution in [3.8, 4) is 34.3 Å². The molecule has 226 valence electrons. The van der Waals surface area contributed by atoms with Crippen LogP contribution in [0, 0.1) is 10.1 Å². The van der Waals surface area contributed by atoms with Gasteiger partial charge >= 0.3 is 0 Å². The van der Waals surface area contributed by atoms with Crippen LogP contribution in [0.5, 0.6) is 0 Å². The van der Waals surface area contributed by atoms with Crippen molar-refractivity contribution in [3.05, 3.63) is 133 Å². The molecule has 0 amide bonds.